The van der Waals surface area contributed by atoms with Crippen LogP contribution in [-0.4, -0.2) is 55.6 Å². The fourth-order valence-corrected chi connectivity index (χ4v) is 4.17. The summed E-state index contributed by atoms with van der Waals surface area (Å²) in [7, 11) is 0. The Morgan fingerprint density at radius 1 is 1.00 bits per heavy atom. The highest BCUT2D eigenvalue weighted by Crippen LogP contribution is 2.26. The van der Waals surface area contributed by atoms with Gasteiger partial charge in [0.15, 0.2) is 11.9 Å². The van der Waals surface area contributed by atoms with Gasteiger partial charge in [0.05, 0.1) is 0 Å². The van der Waals surface area contributed by atoms with Gasteiger partial charge in [-0.3, -0.25) is 15.3 Å². The summed E-state index contributed by atoms with van der Waals surface area (Å²) >= 11 is 0. The number of carbonyl (C=O) groups excluding carboxylic acids is 1. The van der Waals surface area contributed by atoms with Crippen molar-refractivity contribution < 1.29 is 4.79 Å². The molecule has 0 aromatic carbocycles. The molecule has 1 heterocycles. The molecule has 0 unspecified atom stereocenters. The van der Waals surface area contributed by atoms with Crippen LogP contribution in [0.3, 0.4) is 0 Å². The molecule has 2 amide bonds. The first-order valence-electron chi connectivity index (χ1n) is 13.0. The van der Waals surface area contributed by atoms with Gasteiger partial charge in [-0.25, -0.2) is 4.79 Å². The molecule has 1 saturated carbocycles. The maximum Gasteiger partial charge on any atom is 0.324 e. The molecule has 2 aliphatic rings. The second-order valence-electron chi connectivity index (χ2n) is 9.38. The molecular weight excluding hydrogens is 402 g/mol. The van der Waals surface area contributed by atoms with E-state index in [4.69, 9.17) is 11.5 Å². The number of nitrogens with one attached hydrogen (secondary N) is 2. The summed E-state index contributed by atoms with van der Waals surface area (Å²) in [5, 5.41) is 5.99. The number of nitrogens with zero attached hydrogens (tertiary/aromatic N) is 3. The Morgan fingerprint density at radius 3 is 2.44 bits per heavy atom. The summed E-state index contributed by atoms with van der Waals surface area (Å²) in [6.07, 6.45) is 17.8. The molecule has 0 saturated heterocycles. The minimum absolute atomic E-state index is 0.104. The molecule has 0 aromatic heterocycles. The lowest BCUT2D eigenvalue weighted by atomic mass is 9.86. The van der Waals surface area contributed by atoms with E-state index in [-0.39, 0.29) is 12.0 Å². The molecule has 1 fully saturated rings. The Labute approximate surface area is 195 Å². The molecule has 1 aliphatic heterocycles. The number of nitrogens with two attached hydrogens (primary N) is 2. The van der Waals surface area contributed by atoms with Crippen molar-refractivity contribution in [3.63, 3.8) is 0 Å². The number of aliphatic imine (C=N–C) groups is 2. The third kappa shape index (κ3) is 12.2. The SMILES string of the molecule is NC(=NCC1CCC1)NCCCCCCCCN1CCCCCCCCN=C(N)NC1=O. The van der Waals surface area contributed by atoms with Crippen molar-refractivity contribution in [1.29, 1.82) is 0 Å². The standard InChI is InChI=1S/C24H47N7O/c25-22(29-20-21-14-13-15-21)27-16-9-5-1-3-7-11-18-31-19-12-8-4-2-6-10-17-28-23(26)30-24(31)32/h21H,1-20H2,(H3,25,27,29)(H3,26,28,30,32). The van der Waals surface area contributed by atoms with Gasteiger partial charge in [0.2, 0.25) is 0 Å². The van der Waals surface area contributed by atoms with Gasteiger partial charge in [-0.2, -0.15) is 0 Å². The summed E-state index contributed by atoms with van der Waals surface area (Å²) in [5.74, 6) is 1.61. The third-order valence-electron chi connectivity index (χ3n) is 6.55. The van der Waals surface area contributed by atoms with Gasteiger partial charge in [-0.05, 0) is 44.4 Å². The minimum atomic E-state index is -0.104. The van der Waals surface area contributed by atoms with E-state index in [9.17, 15) is 4.79 Å². The number of rotatable bonds is 11. The number of carbonyl (C=O) groups is 1. The van der Waals surface area contributed by atoms with Crippen molar-refractivity contribution >= 4 is 18.0 Å². The van der Waals surface area contributed by atoms with E-state index in [0.29, 0.717) is 12.5 Å². The summed E-state index contributed by atoms with van der Waals surface area (Å²) in [6.45, 7) is 4.06. The molecule has 0 radical (unpaired) electrons. The van der Waals surface area contributed by atoms with E-state index >= 15 is 0 Å². The first-order valence-corrected chi connectivity index (χ1v) is 13.0. The highest BCUT2D eigenvalue weighted by Gasteiger charge is 2.16. The Balaban J connectivity index is 1.52. The van der Waals surface area contributed by atoms with Crippen LogP contribution in [0.4, 0.5) is 4.79 Å². The van der Waals surface area contributed by atoms with E-state index in [2.05, 4.69) is 20.6 Å². The van der Waals surface area contributed by atoms with Crippen LogP contribution >= 0.6 is 0 Å². The van der Waals surface area contributed by atoms with E-state index in [1.807, 2.05) is 4.90 Å². The highest BCUT2D eigenvalue weighted by atomic mass is 16.2. The van der Waals surface area contributed by atoms with Gasteiger partial charge in [-0.1, -0.05) is 57.8 Å². The average molecular weight is 450 g/mol. The molecule has 0 aromatic rings. The number of amides is 2. The van der Waals surface area contributed by atoms with Crippen LogP contribution in [0.1, 0.15) is 96.3 Å². The number of hydrogen-bond acceptors (Lipinski definition) is 4. The smallest absolute Gasteiger partial charge is 0.324 e. The second kappa shape index (κ2) is 16.6. The fourth-order valence-electron chi connectivity index (χ4n) is 4.17. The van der Waals surface area contributed by atoms with Crippen LogP contribution in [-0.2, 0) is 0 Å². The first-order chi connectivity index (χ1) is 15.6. The largest absolute Gasteiger partial charge is 0.370 e. The van der Waals surface area contributed by atoms with E-state index < -0.39 is 0 Å². The van der Waals surface area contributed by atoms with E-state index in [1.165, 1.54) is 64.2 Å². The van der Waals surface area contributed by atoms with Gasteiger partial charge in [0, 0.05) is 32.7 Å². The van der Waals surface area contributed by atoms with Crippen molar-refractivity contribution in [2.24, 2.45) is 27.4 Å². The topological polar surface area (TPSA) is 121 Å². The van der Waals surface area contributed by atoms with E-state index in [0.717, 1.165) is 64.2 Å². The zero-order valence-electron chi connectivity index (χ0n) is 20.1. The summed E-state index contributed by atoms with van der Waals surface area (Å²) in [5.41, 5.74) is 11.8. The molecule has 8 nitrogen and oxygen atoms in total. The predicted molar refractivity (Wildman–Crippen MR) is 134 cm³/mol. The number of guanidine groups is 2. The summed E-state index contributed by atoms with van der Waals surface area (Å²) < 4.78 is 0. The molecular formula is C24H47N7O. The van der Waals surface area contributed by atoms with Crippen LogP contribution in [0, 0.1) is 5.92 Å². The maximum absolute atomic E-state index is 12.6. The Hall–Kier alpha value is -1.99. The third-order valence-corrected chi connectivity index (χ3v) is 6.55. The quantitative estimate of drug-likeness (QED) is 0.218. The molecule has 0 atom stereocenters. The molecule has 0 spiro atoms. The van der Waals surface area contributed by atoms with Gasteiger partial charge >= 0.3 is 6.03 Å². The molecule has 0 bridgehead atoms. The number of unbranched alkanes of at least 4 members (excludes halogenated alkanes) is 5. The van der Waals surface area contributed by atoms with Crippen molar-refractivity contribution in [1.82, 2.24) is 15.5 Å². The van der Waals surface area contributed by atoms with Gasteiger partial charge in [0.1, 0.15) is 0 Å². The highest BCUT2D eigenvalue weighted by molar-refractivity contribution is 5.95. The van der Waals surface area contributed by atoms with Crippen LogP contribution in [0.25, 0.3) is 0 Å². The van der Waals surface area contributed by atoms with Crippen LogP contribution in [0.2, 0.25) is 0 Å². The van der Waals surface area contributed by atoms with Crippen molar-refractivity contribution in [3.8, 4) is 0 Å². The van der Waals surface area contributed by atoms with Crippen LogP contribution < -0.4 is 22.1 Å². The number of urea groups is 1. The molecule has 184 valence electrons. The molecule has 8 heteroatoms. The van der Waals surface area contributed by atoms with Crippen molar-refractivity contribution in [2.75, 3.05) is 32.7 Å². The Bertz CT molecular complexity index is 575. The number of hydrogen-bond donors (Lipinski definition) is 4. The molecule has 1 aliphatic carbocycles. The maximum atomic E-state index is 12.6. The molecule has 32 heavy (non-hydrogen) atoms. The lowest BCUT2D eigenvalue weighted by Crippen LogP contribution is -2.46. The predicted octanol–water partition coefficient (Wildman–Crippen LogP) is 3.71. The second-order valence-corrected chi connectivity index (χ2v) is 9.38. The monoisotopic (exact) mass is 449 g/mol. The molecule has 6 N–H and O–H groups in total. The van der Waals surface area contributed by atoms with Crippen LogP contribution in [0.15, 0.2) is 9.98 Å². The zero-order chi connectivity index (χ0) is 22.9. The molecule has 2 rings (SSSR count). The minimum Gasteiger partial charge on any atom is -0.370 e. The van der Waals surface area contributed by atoms with Crippen molar-refractivity contribution in [2.45, 2.75) is 96.3 Å². The Kier molecular flexibility index (Phi) is 13.6. The zero-order valence-corrected chi connectivity index (χ0v) is 20.1. The van der Waals surface area contributed by atoms with E-state index in [1.54, 1.807) is 0 Å². The van der Waals surface area contributed by atoms with Crippen molar-refractivity contribution in [3.05, 3.63) is 0 Å². The lowest BCUT2D eigenvalue weighted by molar-refractivity contribution is 0.200. The Morgan fingerprint density at radius 2 is 1.69 bits per heavy atom. The normalized spacial score (nSPS) is 19.8. The lowest BCUT2D eigenvalue weighted by Gasteiger charge is -2.23. The van der Waals surface area contributed by atoms with Gasteiger partial charge in [-0.15, -0.1) is 0 Å². The van der Waals surface area contributed by atoms with Gasteiger partial charge < -0.3 is 21.7 Å². The summed E-state index contributed by atoms with van der Waals surface area (Å²) in [4.78, 5) is 23.2. The first kappa shape index (κ1) is 26.3. The van der Waals surface area contributed by atoms with Crippen LogP contribution in [0.5, 0.6) is 0 Å². The average Bonchev–Trinajstić information content (AvgIpc) is 2.74. The summed E-state index contributed by atoms with van der Waals surface area (Å²) in [6, 6.07) is -0.104. The fraction of sp³-hybridized carbons (Fsp3) is 0.875. The van der Waals surface area contributed by atoms with Gasteiger partial charge in [0.25, 0.3) is 0 Å².